The van der Waals surface area contributed by atoms with Gasteiger partial charge >= 0.3 is 0 Å². The van der Waals surface area contributed by atoms with Crippen molar-refractivity contribution in [2.24, 2.45) is 0 Å². The summed E-state index contributed by atoms with van der Waals surface area (Å²) in [6.07, 6.45) is 1.01. The number of aryl methyl sites for hydroxylation is 1. The molecule has 1 aliphatic heterocycles. The first kappa shape index (κ1) is 13.8. The van der Waals surface area contributed by atoms with Crippen LogP contribution in [-0.4, -0.2) is 26.9 Å². The lowest BCUT2D eigenvalue weighted by Gasteiger charge is -2.23. The van der Waals surface area contributed by atoms with Crippen molar-refractivity contribution in [1.82, 2.24) is 0 Å². The van der Waals surface area contributed by atoms with Crippen molar-refractivity contribution in [3.05, 3.63) is 29.3 Å². The van der Waals surface area contributed by atoms with Gasteiger partial charge in [0.25, 0.3) is 0 Å². The van der Waals surface area contributed by atoms with Crippen LogP contribution in [0.2, 0.25) is 0 Å². The number of nitriles is 1. The van der Waals surface area contributed by atoms with Gasteiger partial charge in [0.05, 0.1) is 22.6 Å². The maximum Gasteiger partial charge on any atom is 0.235 e. The second-order valence-corrected chi connectivity index (χ2v) is 6.56. The normalized spacial score (nSPS) is 16.8. The minimum atomic E-state index is -3.42. The molecule has 2 rings (SSSR count). The predicted molar refractivity (Wildman–Crippen MR) is 72.3 cm³/mol. The third-order valence-corrected chi connectivity index (χ3v) is 5.08. The summed E-state index contributed by atoms with van der Waals surface area (Å²) in [6.45, 7) is 2.76. The first-order valence-corrected chi connectivity index (χ1v) is 7.67. The average Bonchev–Trinajstić information content (AvgIpc) is 2.42. The Morgan fingerprint density at radius 1 is 1.37 bits per heavy atom. The zero-order valence-corrected chi connectivity index (χ0v) is 11.5. The fraction of sp³-hybridized carbons (Fsp3) is 0.462. The highest BCUT2D eigenvalue weighted by atomic mass is 32.2. The fourth-order valence-electron chi connectivity index (χ4n) is 2.02. The quantitative estimate of drug-likeness (QED) is 0.915. The third kappa shape index (κ3) is 3.25. The van der Waals surface area contributed by atoms with Crippen molar-refractivity contribution in [1.29, 1.82) is 5.26 Å². The zero-order chi connectivity index (χ0) is 13.9. The highest BCUT2D eigenvalue weighted by Gasteiger charge is 2.28. The first-order valence-electron chi connectivity index (χ1n) is 6.13. The van der Waals surface area contributed by atoms with Crippen LogP contribution in [0.15, 0.2) is 18.2 Å². The smallest absolute Gasteiger partial charge is 0.235 e. The lowest BCUT2D eigenvalue weighted by molar-refractivity contribution is 0.0984. The number of anilines is 1. The van der Waals surface area contributed by atoms with Gasteiger partial charge < -0.3 is 4.74 Å². The number of nitrogens with zero attached hydrogens (tertiary/aromatic N) is 1. The monoisotopic (exact) mass is 280 g/mol. The molecule has 1 heterocycles. The molecular weight excluding hydrogens is 264 g/mol. The molecule has 5 nitrogen and oxygen atoms in total. The van der Waals surface area contributed by atoms with E-state index in [-0.39, 0.29) is 0 Å². The Bertz CT molecular complexity index is 599. The number of rotatable bonds is 3. The van der Waals surface area contributed by atoms with E-state index in [9.17, 15) is 8.42 Å². The van der Waals surface area contributed by atoms with Crippen LogP contribution in [0, 0.1) is 18.3 Å². The highest BCUT2D eigenvalue weighted by molar-refractivity contribution is 7.93. The molecule has 102 valence electrons. The SMILES string of the molecule is Cc1ccc(C#N)cc1NS(=O)(=O)C1CCOCC1. The molecule has 0 saturated carbocycles. The summed E-state index contributed by atoms with van der Waals surface area (Å²) >= 11 is 0. The topological polar surface area (TPSA) is 79.2 Å². The molecule has 0 atom stereocenters. The third-order valence-electron chi connectivity index (χ3n) is 3.23. The zero-order valence-electron chi connectivity index (χ0n) is 10.7. The van der Waals surface area contributed by atoms with Crippen molar-refractivity contribution in [2.75, 3.05) is 17.9 Å². The minimum Gasteiger partial charge on any atom is -0.381 e. The van der Waals surface area contributed by atoms with Gasteiger partial charge in [-0.15, -0.1) is 0 Å². The number of benzene rings is 1. The summed E-state index contributed by atoms with van der Waals surface area (Å²) in [5.41, 5.74) is 1.72. The molecule has 0 amide bonds. The Balaban J connectivity index is 2.22. The molecule has 1 fully saturated rings. The van der Waals surface area contributed by atoms with Crippen LogP contribution < -0.4 is 4.72 Å². The fourth-order valence-corrected chi connectivity index (χ4v) is 3.53. The van der Waals surface area contributed by atoms with Crippen LogP contribution in [0.5, 0.6) is 0 Å². The Morgan fingerprint density at radius 3 is 2.68 bits per heavy atom. The summed E-state index contributed by atoms with van der Waals surface area (Å²) in [5, 5.41) is 8.43. The summed E-state index contributed by atoms with van der Waals surface area (Å²) in [4.78, 5) is 0. The molecule has 0 spiro atoms. The molecule has 1 aromatic carbocycles. The van der Waals surface area contributed by atoms with E-state index >= 15 is 0 Å². The molecule has 0 radical (unpaired) electrons. The van der Waals surface area contributed by atoms with Gasteiger partial charge in [-0.05, 0) is 37.5 Å². The summed E-state index contributed by atoms with van der Waals surface area (Å²) in [7, 11) is -3.42. The van der Waals surface area contributed by atoms with Crippen molar-refractivity contribution in [2.45, 2.75) is 25.0 Å². The van der Waals surface area contributed by atoms with Crippen LogP contribution in [-0.2, 0) is 14.8 Å². The lowest BCUT2D eigenvalue weighted by atomic mass is 10.1. The molecule has 0 aliphatic carbocycles. The van der Waals surface area contributed by atoms with Gasteiger partial charge in [0.2, 0.25) is 10.0 Å². The van der Waals surface area contributed by atoms with Gasteiger partial charge in [0.15, 0.2) is 0 Å². The molecule has 19 heavy (non-hydrogen) atoms. The first-order chi connectivity index (χ1) is 9.03. The van der Waals surface area contributed by atoms with E-state index in [2.05, 4.69) is 4.72 Å². The van der Waals surface area contributed by atoms with Crippen molar-refractivity contribution in [3.8, 4) is 6.07 Å². The second-order valence-electron chi connectivity index (χ2n) is 4.60. The Labute approximate surface area is 113 Å². The molecule has 0 unspecified atom stereocenters. The molecular formula is C13H16N2O3S. The van der Waals surface area contributed by atoms with E-state index in [1.807, 2.05) is 13.0 Å². The Morgan fingerprint density at radius 2 is 2.05 bits per heavy atom. The Hall–Kier alpha value is -1.58. The molecule has 6 heteroatoms. The maximum atomic E-state index is 12.3. The van der Waals surface area contributed by atoms with E-state index in [1.165, 1.54) is 0 Å². The van der Waals surface area contributed by atoms with E-state index in [1.54, 1.807) is 18.2 Å². The van der Waals surface area contributed by atoms with Gasteiger partial charge in [-0.25, -0.2) is 8.42 Å². The Kier molecular flexibility index (Phi) is 4.08. The van der Waals surface area contributed by atoms with E-state index in [0.717, 1.165) is 5.56 Å². The van der Waals surface area contributed by atoms with Crippen LogP contribution in [0.3, 0.4) is 0 Å². The van der Waals surface area contributed by atoms with Crippen molar-refractivity contribution >= 4 is 15.7 Å². The van der Waals surface area contributed by atoms with Crippen molar-refractivity contribution < 1.29 is 13.2 Å². The average molecular weight is 280 g/mol. The molecule has 0 bridgehead atoms. The van der Waals surface area contributed by atoms with E-state index in [4.69, 9.17) is 10.00 Å². The standard InChI is InChI=1S/C13H16N2O3S/c1-10-2-3-11(9-14)8-13(10)15-19(16,17)12-4-6-18-7-5-12/h2-3,8,12,15H,4-7H2,1H3. The van der Waals surface area contributed by atoms with Crippen LogP contribution in [0.4, 0.5) is 5.69 Å². The van der Waals surface area contributed by atoms with Gasteiger partial charge in [-0.1, -0.05) is 6.07 Å². The summed E-state index contributed by atoms with van der Waals surface area (Å²) in [6, 6.07) is 6.97. The number of hydrogen-bond donors (Lipinski definition) is 1. The molecule has 1 saturated heterocycles. The second kappa shape index (κ2) is 5.59. The van der Waals surface area contributed by atoms with Gasteiger partial charge in [-0.2, -0.15) is 5.26 Å². The number of nitrogens with one attached hydrogen (secondary N) is 1. The largest absolute Gasteiger partial charge is 0.381 e. The summed E-state index contributed by atoms with van der Waals surface area (Å²) < 4.78 is 32.3. The molecule has 1 aromatic rings. The van der Waals surface area contributed by atoms with Gasteiger partial charge in [0.1, 0.15) is 0 Å². The van der Waals surface area contributed by atoms with Crippen molar-refractivity contribution in [3.63, 3.8) is 0 Å². The van der Waals surface area contributed by atoms with Crippen LogP contribution in [0.1, 0.15) is 24.0 Å². The van der Waals surface area contributed by atoms with Crippen LogP contribution in [0.25, 0.3) is 0 Å². The van der Waals surface area contributed by atoms with Gasteiger partial charge in [0, 0.05) is 13.2 Å². The molecule has 1 N–H and O–H groups in total. The maximum absolute atomic E-state index is 12.3. The number of hydrogen-bond acceptors (Lipinski definition) is 4. The van der Waals surface area contributed by atoms with Gasteiger partial charge in [-0.3, -0.25) is 4.72 Å². The summed E-state index contributed by atoms with van der Waals surface area (Å²) in [5.74, 6) is 0. The lowest BCUT2D eigenvalue weighted by Crippen LogP contribution is -2.33. The predicted octanol–water partition coefficient (Wildman–Crippen LogP) is 1.79. The highest BCUT2D eigenvalue weighted by Crippen LogP contribution is 2.22. The van der Waals surface area contributed by atoms with E-state index in [0.29, 0.717) is 37.3 Å². The van der Waals surface area contributed by atoms with Crippen LogP contribution >= 0.6 is 0 Å². The molecule has 1 aliphatic rings. The minimum absolute atomic E-state index is 0.425. The van der Waals surface area contributed by atoms with E-state index < -0.39 is 15.3 Å². The molecule has 0 aromatic heterocycles. The number of ether oxygens (including phenoxy) is 1. The number of sulfonamides is 1.